The molecule has 1 atom stereocenters. The van der Waals surface area contributed by atoms with Gasteiger partial charge in [0.25, 0.3) is 0 Å². The Bertz CT molecular complexity index is 115. The Labute approximate surface area is 83.4 Å². The zero-order chi connectivity index (χ0) is 10.3. The van der Waals surface area contributed by atoms with E-state index in [1.54, 1.807) is 0 Å². The highest BCUT2D eigenvalue weighted by Gasteiger charge is 2.10. The Morgan fingerprint density at radius 1 is 1.08 bits per heavy atom. The predicted octanol–water partition coefficient (Wildman–Crippen LogP) is 1.65. The Kier molecular flexibility index (Phi) is 7.39. The van der Waals surface area contributed by atoms with Crippen LogP contribution in [0.5, 0.6) is 0 Å². The monoisotopic (exact) mass is 186 g/mol. The maximum atomic E-state index is 5.72. The van der Waals surface area contributed by atoms with Crippen molar-refractivity contribution in [3.8, 4) is 0 Å². The quantitative estimate of drug-likeness (QED) is 0.563. The zero-order valence-corrected chi connectivity index (χ0v) is 9.67. The minimum Gasteiger partial charge on any atom is -0.376 e. The van der Waals surface area contributed by atoms with E-state index in [9.17, 15) is 0 Å². The van der Waals surface area contributed by atoms with E-state index in [1.165, 1.54) is 0 Å². The first-order valence-corrected chi connectivity index (χ1v) is 5.33. The first-order chi connectivity index (χ1) is 6.06. The largest absolute Gasteiger partial charge is 0.376 e. The summed E-state index contributed by atoms with van der Waals surface area (Å²) in [5, 5.41) is 0. The molecule has 0 radical (unpaired) electrons. The molecule has 78 valence electrons. The van der Waals surface area contributed by atoms with Crippen molar-refractivity contribution < 1.29 is 9.47 Å². The summed E-state index contributed by atoms with van der Waals surface area (Å²) in [6.45, 7) is 8.97. The molecule has 0 fully saturated rings. The normalized spacial score (nSPS) is 14.0. The van der Waals surface area contributed by atoms with E-state index in [0.29, 0.717) is 12.2 Å². The van der Waals surface area contributed by atoms with Crippen LogP contribution >= 0.6 is 0 Å². The molecule has 0 aliphatic heterocycles. The van der Waals surface area contributed by atoms with E-state index in [4.69, 9.17) is 9.47 Å². The molecular weight excluding hydrogens is 163 g/mol. The van der Waals surface area contributed by atoms with Gasteiger partial charge in [-0.15, -0.1) is 0 Å². The van der Waals surface area contributed by atoms with Crippen LogP contribution in [0, 0.1) is 0 Å². The fourth-order valence-electron chi connectivity index (χ4n) is 1.20. The van der Waals surface area contributed by atoms with Gasteiger partial charge < -0.3 is 9.47 Å². The predicted molar refractivity (Wildman–Crippen MR) is 59.1 cm³/mol. The summed E-state index contributed by atoms with van der Waals surface area (Å²) in [5.74, 6) is 0. The maximum absolute atomic E-state index is 5.72. The van der Waals surface area contributed by atoms with Gasteiger partial charge in [-0.05, 0) is 34.1 Å². The van der Waals surface area contributed by atoms with Crippen molar-refractivity contribution in [3.63, 3.8) is 0 Å². The number of hydrogen-bond acceptors (Lipinski definition) is 2. The lowest BCUT2D eigenvalue weighted by Crippen LogP contribution is -2.25. The second-order valence-electron chi connectivity index (χ2n) is 3.98. The zero-order valence-electron chi connectivity index (χ0n) is 9.67. The summed E-state index contributed by atoms with van der Waals surface area (Å²) in [4.78, 5) is 0. The topological polar surface area (TPSA) is 18.5 Å². The summed E-state index contributed by atoms with van der Waals surface area (Å²) in [6.07, 6.45) is 3.11. The van der Waals surface area contributed by atoms with E-state index in [2.05, 4.69) is 35.5 Å². The summed E-state index contributed by atoms with van der Waals surface area (Å²) in [5.41, 5.74) is 0. The van der Waals surface area contributed by atoms with Crippen LogP contribution in [-0.2, 0) is 9.47 Å². The Balaban J connectivity index is 3.66. The average molecular weight is 186 g/mol. The van der Waals surface area contributed by atoms with Crippen molar-refractivity contribution in [2.24, 2.45) is 0 Å². The van der Waals surface area contributed by atoms with E-state index < -0.39 is 0 Å². The standard InChI is InChI=1S/C10H23BO2/c1-8(2)12-7-10(5-6-11)13-9(3)4/h8-10H,5-7,11H2,1-4H3. The molecule has 0 saturated heterocycles. The molecule has 0 aliphatic carbocycles. The molecule has 0 spiro atoms. The summed E-state index contributed by atoms with van der Waals surface area (Å²) >= 11 is 0. The fraction of sp³-hybridized carbons (Fsp3) is 1.00. The smallest absolute Gasteiger partial charge is 0.101 e. The van der Waals surface area contributed by atoms with Crippen LogP contribution in [0.2, 0.25) is 6.32 Å². The van der Waals surface area contributed by atoms with Gasteiger partial charge in [0.1, 0.15) is 7.85 Å². The minimum absolute atomic E-state index is 0.271. The average Bonchev–Trinajstić information content (AvgIpc) is 1.99. The lowest BCUT2D eigenvalue weighted by atomic mass is 9.99. The molecule has 0 N–H and O–H groups in total. The Hall–Kier alpha value is -0.0151. The minimum atomic E-state index is 0.271. The van der Waals surface area contributed by atoms with Gasteiger partial charge in [0.15, 0.2) is 0 Å². The van der Waals surface area contributed by atoms with Crippen molar-refractivity contribution in [2.45, 2.75) is 58.7 Å². The molecule has 0 aromatic rings. The molecule has 0 aliphatic rings. The lowest BCUT2D eigenvalue weighted by Gasteiger charge is -2.21. The molecule has 0 saturated carbocycles. The molecule has 2 nitrogen and oxygen atoms in total. The van der Waals surface area contributed by atoms with Crippen LogP contribution in [0.15, 0.2) is 0 Å². The van der Waals surface area contributed by atoms with Crippen LogP contribution in [0.3, 0.4) is 0 Å². The van der Waals surface area contributed by atoms with Gasteiger partial charge >= 0.3 is 0 Å². The molecular formula is C10H23BO2. The molecule has 0 bridgehead atoms. The molecule has 0 aromatic heterocycles. The van der Waals surface area contributed by atoms with Crippen molar-refractivity contribution in [2.75, 3.05) is 6.61 Å². The van der Waals surface area contributed by atoms with Gasteiger partial charge in [0.2, 0.25) is 0 Å². The third-order valence-electron chi connectivity index (χ3n) is 1.69. The number of rotatable bonds is 7. The molecule has 3 heteroatoms. The first kappa shape index (κ1) is 13.0. The second kappa shape index (κ2) is 7.39. The third-order valence-corrected chi connectivity index (χ3v) is 1.69. The first-order valence-electron chi connectivity index (χ1n) is 5.33. The highest BCUT2D eigenvalue weighted by molar-refractivity contribution is 6.08. The van der Waals surface area contributed by atoms with Crippen molar-refractivity contribution in [1.29, 1.82) is 0 Å². The highest BCUT2D eigenvalue weighted by Crippen LogP contribution is 2.06. The van der Waals surface area contributed by atoms with Crippen LogP contribution in [-0.4, -0.2) is 32.8 Å². The number of ether oxygens (including phenoxy) is 2. The van der Waals surface area contributed by atoms with E-state index in [1.807, 2.05) is 0 Å². The molecule has 1 unspecified atom stereocenters. The molecule has 0 heterocycles. The Morgan fingerprint density at radius 3 is 2.08 bits per heavy atom. The van der Waals surface area contributed by atoms with Gasteiger partial charge in [0, 0.05) is 0 Å². The van der Waals surface area contributed by atoms with Crippen LogP contribution in [0.4, 0.5) is 0 Å². The maximum Gasteiger partial charge on any atom is 0.101 e. The van der Waals surface area contributed by atoms with Gasteiger partial charge in [0.05, 0.1) is 24.9 Å². The lowest BCUT2D eigenvalue weighted by molar-refractivity contribution is -0.0592. The van der Waals surface area contributed by atoms with E-state index >= 15 is 0 Å². The van der Waals surface area contributed by atoms with E-state index in [0.717, 1.165) is 19.3 Å². The van der Waals surface area contributed by atoms with Gasteiger partial charge in [-0.2, -0.15) is 0 Å². The second-order valence-corrected chi connectivity index (χ2v) is 3.98. The Morgan fingerprint density at radius 2 is 1.69 bits per heavy atom. The van der Waals surface area contributed by atoms with Crippen molar-refractivity contribution in [3.05, 3.63) is 0 Å². The molecule has 0 aromatic carbocycles. The fourth-order valence-corrected chi connectivity index (χ4v) is 1.20. The highest BCUT2D eigenvalue weighted by atomic mass is 16.5. The molecule has 0 amide bonds. The molecule has 0 rings (SSSR count). The van der Waals surface area contributed by atoms with Crippen LogP contribution < -0.4 is 0 Å². The van der Waals surface area contributed by atoms with Crippen molar-refractivity contribution in [1.82, 2.24) is 0 Å². The van der Waals surface area contributed by atoms with E-state index in [-0.39, 0.29) is 6.10 Å². The SMILES string of the molecule is BCCC(COC(C)C)OC(C)C. The third kappa shape index (κ3) is 8.32. The van der Waals surface area contributed by atoms with Gasteiger partial charge in [-0.3, -0.25) is 0 Å². The molecule has 13 heavy (non-hydrogen) atoms. The van der Waals surface area contributed by atoms with Crippen LogP contribution in [0.25, 0.3) is 0 Å². The van der Waals surface area contributed by atoms with Crippen LogP contribution in [0.1, 0.15) is 34.1 Å². The van der Waals surface area contributed by atoms with Crippen molar-refractivity contribution >= 4 is 7.85 Å². The summed E-state index contributed by atoms with van der Waals surface area (Å²) in [6, 6.07) is 0. The van der Waals surface area contributed by atoms with Gasteiger partial charge in [-0.1, -0.05) is 6.32 Å². The summed E-state index contributed by atoms with van der Waals surface area (Å²) in [7, 11) is 2.17. The van der Waals surface area contributed by atoms with Gasteiger partial charge in [-0.25, -0.2) is 0 Å². The number of hydrogen-bond donors (Lipinski definition) is 0. The summed E-state index contributed by atoms with van der Waals surface area (Å²) < 4.78 is 11.2.